The van der Waals surface area contributed by atoms with E-state index in [1.807, 2.05) is 0 Å². The fraction of sp³-hybridized carbons (Fsp3) is 0.167. The molecule has 1 heterocycles. The normalized spacial score (nSPS) is 10.2. The number of aromatic nitrogens is 1. The van der Waals surface area contributed by atoms with Crippen LogP contribution in [-0.2, 0) is 13.1 Å². The molecule has 2 rings (SSSR count). The van der Waals surface area contributed by atoms with Gasteiger partial charge in [0.05, 0.1) is 5.69 Å². The van der Waals surface area contributed by atoms with E-state index >= 15 is 0 Å². The van der Waals surface area contributed by atoms with Gasteiger partial charge in [-0.05, 0) is 17.7 Å². The van der Waals surface area contributed by atoms with Crippen molar-refractivity contribution in [1.29, 1.82) is 0 Å². The largest absolute Gasteiger partial charge is 0.334 e. The van der Waals surface area contributed by atoms with Crippen LogP contribution in [-0.4, -0.2) is 11.0 Å². The molecule has 7 heteroatoms. The molecule has 100 valence electrons. The third kappa shape index (κ3) is 4.01. The number of halogens is 1. The van der Waals surface area contributed by atoms with Crippen LogP contribution in [0.4, 0.5) is 14.3 Å². The molecule has 0 atom stereocenters. The zero-order chi connectivity index (χ0) is 13.7. The topological polar surface area (TPSA) is 80.0 Å². The summed E-state index contributed by atoms with van der Waals surface area (Å²) in [6.07, 6.45) is 0. The molecule has 0 saturated carbocycles. The summed E-state index contributed by atoms with van der Waals surface area (Å²) in [7, 11) is 0. The third-order valence-corrected chi connectivity index (χ3v) is 3.13. The molecule has 0 aliphatic carbocycles. The number of carbonyl (C=O) groups excluding carboxylic acids is 1. The van der Waals surface area contributed by atoms with Crippen LogP contribution in [0.25, 0.3) is 0 Å². The highest BCUT2D eigenvalue weighted by Crippen LogP contribution is 2.14. The minimum atomic E-state index is -0.387. The van der Waals surface area contributed by atoms with E-state index in [4.69, 9.17) is 5.73 Å². The maximum Gasteiger partial charge on any atom is 0.321 e. The minimum Gasteiger partial charge on any atom is -0.334 e. The molecule has 1 aromatic carbocycles. The second kappa shape index (κ2) is 6.26. The van der Waals surface area contributed by atoms with Crippen LogP contribution in [0.1, 0.15) is 11.3 Å². The van der Waals surface area contributed by atoms with Crippen molar-refractivity contribution in [3.05, 3.63) is 46.7 Å². The lowest BCUT2D eigenvalue weighted by molar-refractivity contribution is 0.251. The number of benzene rings is 1. The average Bonchev–Trinajstić information content (AvgIpc) is 2.84. The van der Waals surface area contributed by atoms with Gasteiger partial charge in [0.1, 0.15) is 5.82 Å². The van der Waals surface area contributed by atoms with Gasteiger partial charge in [0.15, 0.2) is 5.13 Å². The van der Waals surface area contributed by atoms with E-state index in [-0.39, 0.29) is 18.4 Å². The molecular weight excluding hydrogens is 267 g/mol. The maximum absolute atomic E-state index is 12.9. The fourth-order valence-electron chi connectivity index (χ4n) is 1.43. The first-order valence-corrected chi connectivity index (χ1v) is 6.49. The number of hydrogen-bond donors (Lipinski definition) is 3. The molecule has 0 radical (unpaired) electrons. The second-order valence-corrected chi connectivity index (χ2v) is 4.64. The molecule has 0 aliphatic heterocycles. The Bertz CT molecular complexity index is 572. The van der Waals surface area contributed by atoms with Crippen LogP contribution in [0.2, 0.25) is 0 Å². The third-order valence-electron chi connectivity index (χ3n) is 2.32. The summed E-state index contributed by atoms with van der Waals surface area (Å²) >= 11 is 1.30. The molecule has 0 saturated heterocycles. The average molecular weight is 280 g/mol. The summed E-state index contributed by atoms with van der Waals surface area (Å²) in [5, 5.41) is 7.47. The van der Waals surface area contributed by atoms with Gasteiger partial charge in [-0.25, -0.2) is 14.2 Å². The van der Waals surface area contributed by atoms with Crippen LogP contribution in [0.15, 0.2) is 29.6 Å². The second-order valence-electron chi connectivity index (χ2n) is 3.79. The van der Waals surface area contributed by atoms with Crippen molar-refractivity contribution in [3.8, 4) is 0 Å². The molecule has 1 aromatic heterocycles. The number of nitrogens with zero attached hydrogens (tertiary/aromatic N) is 1. The van der Waals surface area contributed by atoms with Gasteiger partial charge in [0.2, 0.25) is 0 Å². The monoisotopic (exact) mass is 280 g/mol. The Balaban J connectivity index is 1.84. The predicted molar refractivity (Wildman–Crippen MR) is 72.3 cm³/mol. The van der Waals surface area contributed by atoms with E-state index in [1.165, 1.54) is 23.5 Å². The molecule has 0 aliphatic rings. The standard InChI is InChI=1S/C12H13FN4OS/c13-9-3-1-2-8(4-9)6-15-11(18)17-12-16-10(5-14)7-19-12/h1-4,7H,5-6,14H2,(H2,15,16,17,18). The van der Waals surface area contributed by atoms with Crippen LogP contribution in [0.5, 0.6) is 0 Å². The van der Waals surface area contributed by atoms with E-state index in [0.717, 1.165) is 5.69 Å². The summed E-state index contributed by atoms with van der Waals surface area (Å²) < 4.78 is 12.9. The maximum atomic E-state index is 12.9. The van der Waals surface area contributed by atoms with E-state index in [9.17, 15) is 9.18 Å². The number of amides is 2. The number of nitrogens with two attached hydrogens (primary N) is 1. The summed E-state index contributed by atoms with van der Waals surface area (Å²) in [6.45, 7) is 0.585. The molecule has 4 N–H and O–H groups in total. The molecule has 0 spiro atoms. The molecule has 5 nitrogen and oxygen atoms in total. The number of rotatable bonds is 4. The highest BCUT2D eigenvalue weighted by molar-refractivity contribution is 7.13. The smallest absolute Gasteiger partial charge is 0.321 e. The lowest BCUT2D eigenvalue weighted by Crippen LogP contribution is -2.28. The molecule has 2 aromatic rings. The highest BCUT2D eigenvalue weighted by atomic mass is 32.1. The van der Waals surface area contributed by atoms with E-state index < -0.39 is 0 Å². The summed E-state index contributed by atoms with van der Waals surface area (Å²) in [5.74, 6) is -0.327. The van der Waals surface area contributed by atoms with E-state index in [1.54, 1.807) is 17.5 Å². The first-order chi connectivity index (χ1) is 9.17. The minimum absolute atomic E-state index is 0.249. The van der Waals surface area contributed by atoms with Crippen LogP contribution in [0.3, 0.4) is 0 Å². The number of nitrogens with one attached hydrogen (secondary N) is 2. The van der Waals surface area contributed by atoms with Gasteiger partial charge in [0, 0.05) is 18.5 Å². The number of thiazole rings is 1. The first kappa shape index (κ1) is 13.4. The quantitative estimate of drug-likeness (QED) is 0.802. The fourth-order valence-corrected chi connectivity index (χ4v) is 2.15. The Kier molecular flexibility index (Phi) is 4.43. The molecule has 0 fully saturated rings. The Labute approximate surface area is 113 Å². The highest BCUT2D eigenvalue weighted by Gasteiger charge is 2.05. The van der Waals surface area contributed by atoms with Gasteiger partial charge in [-0.2, -0.15) is 0 Å². The molecule has 0 bridgehead atoms. The lowest BCUT2D eigenvalue weighted by Gasteiger charge is -2.05. The van der Waals surface area contributed by atoms with Crippen molar-refractivity contribution in [2.24, 2.45) is 5.73 Å². The Hall–Kier alpha value is -1.99. The van der Waals surface area contributed by atoms with Gasteiger partial charge in [-0.3, -0.25) is 5.32 Å². The van der Waals surface area contributed by atoms with Gasteiger partial charge >= 0.3 is 6.03 Å². The van der Waals surface area contributed by atoms with Gasteiger partial charge in [-0.1, -0.05) is 12.1 Å². The number of carbonyl (C=O) groups is 1. The van der Waals surface area contributed by atoms with Gasteiger partial charge in [-0.15, -0.1) is 11.3 Å². The predicted octanol–water partition coefficient (Wildman–Crippen LogP) is 2.06. The zero-order valence-corrected chi connectivity index (χ0v) is 10.8. The Morgan fingerprint density at radius 1 is 1.47 bits per heavy atom. The van der Waals surface area contributed by atoms with Gasteiger partial charge in [0.25, 0.3) is 0 Å². The number of hydrogen-bond acceptors (Lipinski definition) is 4. The van der Waals surface area contributed by atoms with Crippen molar-refractivity contribution in [2.75, 3.05) is 5.32 Å². The van der Waals surface area contributed by atoms with Crippen LogP contribution < -0.4 is 16.4 Å². The number of urea groups is 1. The number of anilines is 1. The van der Waals surface area contributed by atoms with Crippen molar-refractivity contribution < 1.29 is 9.18 Å². The lowest BCUT2D eigenvalue weighted by atomic mass is 10.2. The van der Waals surface area contributed by atoms with E-state index in [0.29, 0.717) is 17.2 Å². The molecule has 0 unspecified atom stereocenters. The SMILES string of the molecule is NCc1csc(NC(=O)NCc2cccc(F)c2)n1. The first-order valence-electron chi connectivity index (χ1n) is 5.61. The van der Waals surface area contributed by atoms with Crippen LogP contribution in [0, 0.1) is 5.82 Å². The summed E-state index contributed by atoms with van der Waals surface area (Å²) in [6, 6.07) is 5.67. The van der Waals surface area contributed by atoms with E-state index in [2.05, 4.69) is 15.6 Å². The van der Waals surface area contributed by atoms with Crippen molar-refractivity contribution in [1.82, 2.24) is 10.3 Å². The van der Waals surface area contributed by atoms with Crippen molar-refractivity contribution >= 4 is 22.5 Å². The van der Waals surface area contributed by atoms with Gasteiger partial charge < -0.3 is 11.1 Å². The van der Waals surface area contributed by atoms with Crippen LogP contribution >= 0.6 is 11.3 Å². The summed E-state index contributed by atoms with van der Waals surface area (Å²) in [4.78, 5) is 15.7. The molecular formula is C12H13FN4OS. The Morgan fingerprint density at radius 3 is 3.00 bits per heavy atom. The Morgan fingerprint density at radius 2 is 2.32 bits per heavy atom. The molecule has 2 amide bonds. The summed E-state index contributed by atoms with van der Waals surface area (Å²) in [5.41, 5.74) is 6.84. The molecule has 19 heavy (non-hydrogen) atoms. The van der Waals surface area contributed by atoms with Crippen molar-refractivity contribution in [2.45, 2.75) is 13.1 Å². The zero-order valence-electron chi connectivity index (χ0n) is 10.0. The van der Waals surface area contributed by atoms with Crippen molar-refractivity contribution in [3.63, 3.8) is 0 Å².